The van der Waals surface area contributed by atoms with Gasteiger partial charge in [0.2, 0.25) is 0 Å². The van der Waals surface area contributed by atoms with Crippen molar-refractivity contribution in [2.45, 2.75) is 6.92 Å². The molecule has 0 aliphatic rings. The summed E-state index contributed by atoms with van der Waals surface area (Å²) in [6.07, 6.45) is 4.83. The van der Waals surface area contributed by atoms with Gasteiger partial charge in [0.05, 0.1) is 0 Å². The first-order chi connectivity index (χ1) is 6.18. The molecule has 0 aliphatic heterocycles. The molecule has 0 saturated carbocycles. The number of nitrogens with one attached hydrogen (secondary N) is 2. The van der Waals surface area contributed by atoms with Crippen molar-refractivity contribution in [1.82, 2.24) is 4.98 Å². The first-order valence-electron chi connectivity index (χ1n) is 3.88. The molecule has 68 valence electrons. The van der Waals surface area contributed by atoms with Gasteiger partial charge in [0, 0.05) is 23.8 Å². The summed E-state index contributed by atoms with van der Waals surface area (Å²) in [5.41, 5.74) is 7.01. The average Bonchev–Trinajstić information content (AvgIpc) is 2.03. The third kappa shape index (κ3) is 3.37. The number of rotatable bonds is 3. The van der Waals surface area contributed by atoms with Gasteiger partial charge in [0.1, 0.15) is 5.84 Å². The van der Waals surface area contributed by atoms with E-state index in [0.29, 0.717) is 0 Å². The van der Waals surface area contributed by atoms with Crippen LogP contribution in [0.2, 0.25) is 0 Å². The third-order valence-electron chi connectivity index (χ3n) is 1.41. The van der Waals surface area contributed by atoms with Gasteiger partial charge in [-0.1, -0.05) is 0 Å². The Bertz CT molecular complexity index is 330. The van der Waals surface area contributed by atoms with Crippen molar-refractivity contribution in [2.75, 3.05) is 5.32 Å². The third-order valence-corrected chi connectivity index (χ3v) is 1.41. The van der Waals surface area contributed by atoms with Crippen LogP contribution in [-0.4, -0.2) is 10.8 Å². The number of nitrogens with zero attached hydrogens (tertiary/aromatic N) is 1. The molecule has 4 nitrogen and oxygen atoms in total. The second-order valence-corrected chi connectivity index (χ2v) is 2.62. The maximum atomic E-state index is 6.94. The van der Waals surface area contributed by atoms with Crippen molar-refractivity contribution in [3.8, 4) is 0 Å². The first kappa shape index (κ1) is 9.25. The summed E-state index contributed by atoms with van der Waals surface area (Å²) in [6.45, 7) is 1.92. The standard InChI is InChI=1S/C9H12N4/c1-7-6-8(2-4-12-7)13-5-3-9(10)11/h2-6H,1H3,(H3,10,11)(H,12,13)/b5-3-. The lowest BCUT2D eigenvalue weighted by atomic mass is 10.3. The summed E-state index contributed by atoms with van der Waals surface area (Å²) in [4.78, 5) is 4.05. The van der Waals surface area contributed by atoms with Crippen LogP contribution in [0.4, 0.5) is 5.69 Å². The molecule has 0 radical (unpaired) electrons. The molecule has 0 atom stereocenters. The van der Waals surface area contributed by atoms with E-state index in [9.17, 15) is 0 Å². The molecular formula is C9H12N4. The Labute approximate surface area is 77.0 Å². The van der Waals surface area contributed by atoms with Crippen molar-refractivity contribution in [3.63, 3.8) is 0 Å². The molecule has 1 rings (SSSR count). The molecule has 1 aromatic heterocycles. The Kier molecular flexibility index (Phi) is 3.03. The Morgan fingerprint density at radius 1 is 1.69 bits per heavy atom. The Morgan fingerprint density at radius 2 is 2.46 bits per heavy atom. The summed E-state index contributed by atoms with van der Waals surface area (Å²) in [5.74, 6) is 0.0262. The average molecular weight is 176 g/mol. The number of aromatic nitrogens is 1. The SMILES string of the molecule is Cc1cc(N/C=C\C(=N)N)ccn1. The van der Waals surface area contributed by atoms with Crippen LogP contribution in [0.25, 0.3) is 0 Å². The minimum atomic E-state index is 0.0262. The number of amidine groups is 1. The quantitative estimate of drug-likeness (QED) is 0.479. The van der Waals surface area contributed by atoms with Crippen LogP contribution in [0.1, 0.15) is 5.69 Å². The molecule has 1 aromatic rings. The van der Waals surface area contributed by atoms with Crippen molar-refractivity contribution >= 4 is 11.5 Å². The van der Waals surface area contributed by atoms with Crippen LogP contribution in [-0.2, 0) is 0 Å². The molecule has 0 bridgehead atoms. The molecule has 13 heavy (non-hydrogen) atoms. The predicted octanol–water partition coefficient (Wildman–Crippen LogP) is 1.25. The number of aryl methyl sites for hydroxylation is 1. The highest BCUT2D eigenvalue weighted by Gasteiger charge is 1.88. The normalized spacial score (nSPS) is 10.2. The van der Waals surface area contributed by atoms with Crippen LogP contribution in [0.15, 0.2) is 30.6 Å². The van der Waals surface area contributed by atoms with E-state index >= 15 is 0 Å². The van der Waals surface area contributed by atoms with Crippen LogP contribution in [0.3, 0.4) is 0 Å². The molecule has 0 fully saturated rings. The fraction of sp³-hybridized carbons (Fsp3) is 0.111. The van der Waals surface area contributed by atoms with Gasteiger partial charge in [-0.2, -0.15) is 0 Å². The molecule has 0 aliphatic carbocycles. The Balaban J connectivity index is 2.59. The van der Waals surface area contributed by atoms with Crippen LogP contribution in [0, 0.1) is 12.3 Å². The molecule has 0 spiro atoms. The lowest BCUT2D eigenvalue weighted by Gasteiger charge is -2.00. The van der Waals surface area contributed by atoms with E-state index in [1.165, 1.54) is 6.08 Å². The fourth-order valence-electron chi connectivity index (χ4n) is 0.863. The lowest BCUT2D eigenvalue weighted by molar-refractivity contribution is 1.20. The minimum absolute atomic E-state index is 0.0262. The topological polar surface area (TPSA) is 74.8 Å². The van der Waals surface area contributed by atoms with E-state index in [4.69, 9.17) is 11.1 Å². The minimum Gasteiger partial charge on any atom is -0.384 e. The van der Waals surface area contributed by atoms with Gasteiger partial charge in [-0.25, -0.2) is 0 Å². The molecule has 0 unspecified atom stereocenters. The van der Waals surface area contributed by atoms with Crippen molar-refractivity contribution in [2.24, 2.45) is 5.73 Å². The van der Waals surface area contributed by atoms with Crippen molar-refractivity contribution in [3.05, 3.63) is 36.3 Å². The number of pyridine rings is 1. The van der Waals surface area contributed by atoms with Gasteiger partial charge in [0.25, 0.3) is 0 Å². The van der Waals surface area contributed by atoms with Crippen LogP contribution >= 0.6 is 0 Å². The highest BCUT2D eigenvalue weighted by Crippen LogP contribution is 2.06. The fourth-order valence-corrected chi connectivity index (χ4v) is 0.863. The highest BCUT2D eigenvalue weighted by atomic mass is 14.8. The van der Waals surface area contributed by atoms with E-state index in [1.54, 1.807) is 12.4 Å². The summed E-state index contributed by atoms with van der Waals surface area (Å²) in [5, 5.41) is 9.92. The monoisotopic (exact) mass is 176 g/mol. The second-order valence-electron chi connectivity index (χ2n) is 2.62. The van der Waals surface area contributed by atoms with Gasteiger partial charge in [-0.05, 0) is 25.1 Å². The smallest absolute Gasteiger partial charge is 0.116 e. The largest absolute Gasteiger partial charge is 0.384 e. The molecule has 4 heteroatoms. The summed E-state index contributed by atoms with van der Waals surface area (Å²) >= 11 is 0. The van der Waals surface area contributed by atoms with E-state index in [0.717, 1.165) is 11.4 Å². The number of nitrogens with two attached hydrogens (primary N) is 1. The van der Waals surface area contributed by atoms with E-state index in [-0.39, 0.29) is 5.84 Å². The van der Waals surface area contributed by atoms with Gasteiger partial charge >= 0.3 is 0 Å². The number of anilines is 1. The van der Waals surface area contributed by atoms with Crippen LogP contribution in [0.5, 0.6) is 0 Å². The van der Waals surface area contributed by atoms with E-state index in [2.05, 4.69) is 10.3 Å². The van der Waals surface area contributed by atoms with Crippen molar-refractivity contribution in [1.29, 1.82) is 5.41 Å². The molecule has 0 saturated heterocycles. The maximum absolute atomic E-state index is 6.94. The zero-order valence-electron chi connectivity index (χ0n) is 7.41. The first-order valence-corrected chi connectivity index (χ1v) is 3.88. The predicted molar refractivity (Wildman–Crippen MR) is 53.7 cm³/mol. The summed E-state index contributed by atoms with van der Waals surface area (Å²) in [7, 11) is 0. The molecule has 1 heterocycles. The maximum Gasteiger partial charge on any atom is 0.116 e. The van der Waals surface area contributed by atoms with Gasteiger partial charge in [0.15, 0.2) is 0 Å². The molecule has 4 N–H and O–H groups in total. The van der Waals surface area contributed by atoms with E-state index < -0.39 is 0 Å². The van der Waals surface area contributed by atoms with Gasteiger partial charge < -0.3 is 11.1 Å². The highest BCUT2D eigenvalue weighted by molar-refractivity contribution is 5.88. The van der Waals surface area contributed by atoms with Gasteiger partial charge in [-0.3, -0.25) is 10.4 Å². The molecular weight excluding hydrogens is 164 g/mol. The number of hydrogen-bond acceptors (Lipinski definition) is 3. The summed E-state index contributed by atoms with van der Waals surface area (Å²) in [6, 6.07) is 3.75. The summed E-state index contributed by atoms with van der Waals surface area (Å²) < 4.78 is 0. The van der Waals surface area contributed by atoms with E-state index in [1.807, 2.05) is 19.1 Å². The van der Waals surface area contributed by atoms with Crippen molar-refractivity contribution < 1.29 is 0 Å². The zero-order valence-corrected chi connectivity index (χ0v) is 7.41. The Hall–Kier alpha value is -1.84. The molecule has 0 aromatic carbocycles. The second kappa shape index (κ2) is 4.25. The lowest BCUT2D eigenvalue weighted by Crippen LogP contribution is -2.05. The zero-order chi connectivity index (χ0) is 9.68. The van der Waals surface area contributed by atoms with Gasteiger partial charge in [-0.15, -0.1) is 0 Å². The molecule has 0 amide bonds. The Morgan fingerprint density at radius 3 is 3.08 bits per heavy atom. The number of hydrogen-bond donors (Lipinski definition) is 3. The van der Waals surface area contributed by atoms with Crippen LogP contribution < -0.4 is 11.1 Å².